The van der Waals surface area contributed by atoms with Crippen LogP contribution in [0.2, 0.25) is 0 Å². The van der Waals surface area contributed by atoms with Crippen LogP contribution in [0.4, 0.5) is 11.4 Å². The predicted octanol–water partition coefficient (Wildman–Crippen LogP) is 5.02. The van der Waals surface area contributed by atoms with Gasteiger partial charge in [-0.1, -0.05) is 18.2 Å². The molecule has 3 rings (SSSR count). The second-order valence-electron chi connectivity index (χ2n) is 5.29. The summed E-state index contributed by atoms with van der Waals surface area (Å²) in [7, 11) is 1.56. The second-order valence-corrected chi connectivity index (χ2v) is 7.75. The Kier molecular flexibility index (Phi) is 5.70. The summed E-state index contributed by atoms with van der Waals surface area (Å²) in [5.74, 6) is 0.0662. The standard InChI is InChI=1S/C19H15BrN2O3S/c1-25-13-6-4-5-12(11-13)21-18(23)14-7-2-3-8-15(14)22-19(24)16-9-10-17(20)26-16/h2-11H,1H3,(H,21,23)(H,22,24). The van der Waals surface area contributed by atoms with Crippen LogP contribution in [-0.2, 0) is 0 Å². The Morgan fingerprint density at radius 3 is 2.50 bits per heavy atom. The van der Waals surface area contributed by atoms with Crippen LogP contribution in [-0.4, -0.2) is 18.9 Å². The van der Waals surface area contributed by atoms with Crippen molar-refractivity contribution in [2.75, 3.05) is 17.7 Å². The zero-order valence-electron chi connectivity index (χ0n) is 13.8. The monoisotopic (exact) mass is 430 g/mol. The number of carbonyl (C=O) groups is 2. The first-order valence-corrected chi connectivity index (χ1v) is 9.29. The molecule has 0 bridgehead atoms. The Morgan fingerprint density at radius 2 is 1.77 bits per heavy atom. The lowest BCUT2D eigenvalue weighted by atomic mass is 10.1. The third kappa shape index (κ3) is 4.30. The lowest BCUT2D eigenvalue weighted by molar-refractivity contribution is 0.102. The van der Waals surface area contributed by atoms with Crippen molar-refractivity contribution in [2.45, 2.75) is 0 Å². The minimum absolute atomic E-state index is 0.262. The Balaban J connectivity index is 1.79. The summed E-state index contributed by atoms with van der Waals surface area (Å²) >= 11 is 4.66. The van der Waals surface area contributed by atoms with Crippen molar-refractivity contribution >= 4 is 50.5 Å². The highest BCUT2D eigenvalue weighted by Gasteiger charge is 2.15. The van der Waals surface area contributed by atoms with Gasteiger partial charge in [-0.15, -0.1) is 11.3 Å². The molecule has 0 saturated heterocycles. The van der Waals surface area contributed by atoms with Crippen LogP contribution in [0.3, 0.4) is 0 Å². The number of hydrogen-bond donors (Lipinski definition) is 2. The average molecular weight is 431 g/mol. The molecule has 0 aliphatic heterocycles. The number of para-hydroxylation sites is 1. The van der Waals surface area contributed by atoms with Crippen molar-refractivity contribution in [2.24, 2.45) is 0 Å². The van der Waals surface area contributed by atoms with Crippen LogP contribution in [0, 0.1) is 0 Å². The smallest absolute Gasteiger partial charge is 0.265 e. The van der Waals surface area contributed by atoms with E-state index in [1.165, 1.54) is 11.3 Å². The molecule has 0 unspecified atom stereocenters. The number of anilines is 2. The van der Waals surface area contributed by atoms with E-state index in [9.17, 15) is 9.59 Å². The van der Waals surface area contributed by atoms with Gasteiger partial charge in [-0.25, -0.2) is 0 Å². The lowest BCUT2D eigenvalue weighted by Crippen LogP contribution is -2.17. The fourth-order valence-corrected chi connectivity index (χ4v) is 3.59. The normalized spacial score (nSPS) is 10.2. The molecule has 26 heavy (non-hydrogen) atoms. The van der Waals surface area contributed by atoms with Gasteiger partial charge in [0.2, 0.25) is 0 Å². The second kappa shape index (κ2) is 8.16. The van der Waals surface area contributed by atoms with Gasteiger partial charge >= 0.3 is 0 Å². The van der Waals surface area contributed by atoms with Crippen LogP contribution < -0.4 is 15.4 Å². The van der Waals surface area contributed by atoms with E-state index in [0.29, 0.717) is 27.6 Å². The highest BCUT2D eigenvalue weighted by molar-refractivity contribution is 9.11. The van der Waals surface area contributed by atoms with E-state index in [0.717, 1.165) is 3.79 Å². The molecule has 132 valence electrons. The van der Waals surface area contributed by atoms with Gasteiger partial charge in [0.05, 0.1) is 27.0 Å². The predicted molar refractivity (Wildman–Crippen MR) is 107 cm³/mol. The van der Waals surface area contributed by atoms with Gasteiger partial charge in [-0.05, 0) is 52.3 Å². The highest BCUT2D eigenvalue weighted by Crippen LogP contribution is 2.24. The van der Waals surface area contributed by atoms with Crippen molar-refractivity contribution in [1.29, 1.82) is 0 Å². The Hall–Kier alpha value is -2.64. The fraction of sp³-hybridized carbons (Fsp3) is 0.0526. The maximum Gasteiger partial charge on any atom is 0.265 e. The van der Waals surface area contributed by atoms with E-state index in [1.807, 2.05) is 0 Å². The summed E-state index contributed by atoms with van der Waals surface area (Å²) in [6, 6.07) is 17.5. The molecule has 0 atom stereocenters. The summed E-state index contributed by atoms with van der Waals surface area (Å²) in [6.45, 7) is 0. The molecule has 2 N–H and O–H groups in total. The molecule has 0 spiro atoms. The van der Waals surface area contributed by atoms with Gasteiger partial charge in [0.25, 0.3) is 11.8 Å². The van der Waals surface area contributed by atoms with Crippen molar-refractivity contribution in [3.8, 4) is 5.75 Å². The summed E-state index contributed by atoms with van der Waals surface area (Å²) in [4.78, 5) is 25.6. The molecule has 3 aromatic rings. The molecule has 0 aliphatic carbocycles. The minimum atomic E-state index is -0.318. The number of amides is 2. The molecule has 0 radical (unpaired) electrons. The number of rotatable bonds is 5. The van der Waals surface area contributed by atoms with Crippen molar-refractivity contribution in [3.63, 3.8) is 0 Å². The number of thiophene rings is 1. The maximum absolute atomic E-state index is 12.6. The van der Waals surface area contributed by atoms with Gasteiger partial charge < -0.3 is 15.4 Å². The number of halogens is 1. The maximum atomic E-state index is 12.6. The first kappa shape index (κ1) is 18.2. The topological polar surface area (TPSA) is 67.4 Å². The number of methoxy groups -OCH3 is 1. The summed E-state index contributed by atoms with van der Waals surface area (Å²) in [5.41, 5.74) is 1.43. The zero-order chi connectivity index (χ0) is 18.5. The molecule has 0 aliphatic rings. The SMILES string of the molecule is COc1cccc(NC(=O)c2ccccc2NC(=O)c2ccc(Br)s2)c1. The molecular formula is C19H15BrN2O3S. The van der Waals surface area contributed by atoms with Gasteiger partial charge in [0.15, 0.2) is 0 Å². The Bertz CT molecular complexity index is 955. The highest BCUT2D eigenvalue weighted by atomic mass is 79.9. The molecular weight excluding hydrogens is 416 g/mol. The van der Waals surface area contributed by atoms with Crippen LogP contribution >= 0.6 is 27.3 Å². The van der Waals surface area contributed by atoms with E-state index in [-0.39, 0.29) is 11.8 Å². The number of hydrogen-bond acceptors (Lipinski definition) is 4. The van der Waals surface area contributed by atoms with E-state index in [4.69, 9.17) is 4.74 Å². The van der Waals surface area contributed by atoms with E-state index in [2.05, 4.69) is 26.6 Å². The molecule has 0 saturated carbocycles. The third-order valence-corrected chi connectivity index (χ3v) is 5.17. The van der Waals surface area contributed by atoms with Crippen LogP contribution in [0.1, 0.15) is 20.0 Å². The summed E-state index contributed by atoms with van der Waals surface area (Å²) in [5, 5.41) is 5.61. The zero-order valence-corrected chi connectivity index (χ0v) is 16.2. The van der Waals surface area contributed by atoms with Gasteiger partial charge in [0.1, 0.15) is 5.75 Å². The molecule has 2 amide bonds. The van der Waals surface area contributed by atoms with E-state index >= 15 is 0 Å². The molecule has 7 heteroatoms. The van der Waals surface area contributed by atoms with E-state index < -0.39 is 0 Å². The van der Waals surface area contributed by atoms with Crippen LogP contribution in [0.5, 0.6) is 5.75 Å². The average Bonchev–Trinajstić information content (AvgIpc) is 3.09. The molecule has 0 fully saturated rings. The summed E-state index contributed by atoms with van der Waals surface area (Å²) in [6.07, 6.45) is 0. The molecule has 2 aromatic carbocycles. The number of ether oxygens (including phenoxy) is 1. The van der Waals surface area contributed by atoms with Crippen molar-refractivity contribution in [1.82, 2.24) is 0 Å². The fourth-order valence-electron chi connectivity index (χ4n) is 2.31. The first-order chi connectivity index (χ1) is 12.6. The Labute approximate surface area is 163 Å². The van der Waals surface area contributed by atoms with Crippen molar-refractivity contribution < 1.29 is 14.3 Å². The third-order valence-electron chi connectivity index (χ3n) is 3.54. The number of benzene rings is 2. The Morgan fingerprint density at radius 1 is 0.962 bits per heavy atom. The first-order valence-electron chi connectivity index (χ1n) is 7.68. The minimum Gasteiger partial charge on any atom is -0.497 e. The van der Waals surface area contributed by atoms with Crippen molar-refractivity contribution in [3.05, 3.63) is 74.9 Å². The van der Waals surface area contributed by atoms with Gasteiger partial charge in [-0.3, -0.25) is 9.59 Å². The molecule has 1 heterocycles. The van der Waals surface area contributed by atoms with Gasteiger partial charge in [-0.2, -0.15) is 0 Å². The quantitative estimate of drug-likeness (QED) is 0.596. The van der Waals surface area contributed by atoms with Crippen LogP contribution in [0.25, 0.3) is 0 Å². The number of nitrogens with one attached hydrogen (secondary N) is 2. The van der Waals surface area contributed by atoms with Gasteiger partial charge in [0, 0.05) is 11.8 Å². The summed E-state index contributed by atoms with van der Waals surface area (Å²) < 4.78 is 6.03. The van der Waals surface area contributed by atoms with Crippen LogP contribution in [0.15, 0.2) is 64.5 Å². The number of carbonyl (C=O) groups excluding carboxylic acids is 2. The lowest BCUT2D eigenvalue weighted by Gasteiger charge is -2.11. The van der Waals surface area contributed by atoms with E-state index in [1.54, 1.807) is 67.8 Å². The molecule has 5 nitrogen and oxygen atoms in total. The largest absolute Gasteiger partial charge is 0.497 e. The molecule has 1 aromatic heterocycles.